The number of hydrogen-bond acceptors (Lipinski definition) is 2. The molecule has 2 aromatic heterocycles. The summed E-state index contributed by atoms with van der Waals surface area (Å²) < 4.78 is 4.09. The first-order chi connectivity index (χ1) is 15.5. The third-order valence-corrected chi connectivity index (χ3v) is 5.25. The Morgan fingerprint density at radius 2 is 0.824 bits per heavy atom. The molecule has 2 N–H and O–H groups in total. The number of carbonyl (C=O) groups is 2. The van der Waals surface area contributed by atoms with Crippen LogP contribution in [0.2, 0.25) is 0 Å². The molecular weight excluding hydrogens is 564 g/mol. The van der Waals surface area contributed by atoms with Gasteiger partial charge in [-0.05, 0) is 35.4 Å². The SMILES string of the molecule is O=C(O)c1ccc(C[n+]2ccc(-c3cc[n+](Cc4ccc(C(=O)O)cc4)cc3)cc2)cc1.[Br-].[Br-]. The van der Waals surface area contributed by atoms with Gasteiger partial charge in [0.05, 0.1) is 11.1 Å². The zero-order valence-electron chi connectivity index (χ0n) is 18.0. The standard InChI is InChI=1S/C26H20N2O4.2BrH/c29-25(30)23-5-1-19(2-6-23)17-27-13-9-21(10-14-27)22-11-15-28(16-12-22)18-20-3-7-24(8-4-20)26(31)32;;/h1-16H,17-18H2;2*1H. The Hall–Kier alpha value is -3.36. The molecule has 0 unspecified atom stereocenters. The molecule has 0 aliphatic carbocycles. The van der Waals surface area contributed by atoms with Crippen molar-refractivity contribution in [3.05, 3.63) is 120 Å². The number of aromatic carboxylic acids is 2. The van der Waals surface area contributed by atoms with Crippen molar-refractivity contribution < 1.29 is 62.9 Å². The molecule has 174 valence electrons. The van der Waals surface area contributed by atoms with E-state index in [9.17, 15) is 9.59 Å². The molecule has 0 saturated carbocycles. The minimum atomic E-state index is -0.922. The van der Waals surface area contributed by atoms with Crippen LogP contribution in [0.4, 0.5) is 0 Å². The van der Waals surface area contributed by atoms with Gasteiger partial charge in [-0.25, -0.2) is 18.7 Å². The minimum absolute atomic E-state index is 0. The van der Waals surface area contributed by atoms with Gasteiger partial charge in [0.1, 0.15) is 0 Å². The fraction of sp³-hybridized carbons (Fsp3) is 0.0769. The second kappa shape index (κ2) is 12.2. The van der Waals surface area contributed by atoms with Gasteiger partial charge >= 0.3 is 11.9 Å². The summed E-state index contributed by atoms with van der Waals surface area (Å²) in [5.41, 5.74) is 4.83. The maximum Gasteiger partial charge on any atom is 0.335 e. The zero-order chi connectivity index (χ0) is 22.5. The lowest BCUT2D eigenvalue weighted by molar-refractivity contribution is -0.688. The number of hydrogen-bond donors (Lipinski definition) is 2. The number of aromatic nitrogens is 2. The first kappa shape index (κ1) is 26.9. The Morgan fingerprint density at radius 3 is 1.09 bits per heavy atom. The van der Waals surface area contributed by atoms with E-state index in [-0.39, 0.29) is 45.1 Å². The normalized spacial score (nSPS) is 10.0. The van der Waals surface area contributed by atoms with Crippen LogP contribution in [-0.2, 0) is 13.1 Å². The maximum atomic E-state index is 11.0. The Kier molecular flexibility index (Phi) is 9.65. The summed E-state index contributed by atoms with van der Waals surface area (Å²) in [7, 11) is 0. The van der Waals surface area contributed by atoms with Crippen molar-refractivity contribution in [3.8, 4) is 11.1 Å². The molecule has 0 aliphatic heterocycles. The van der Waals surface area contributed by atoms with Crippen molar-refractivity contribution in [1.29, 1.82) is 0 Å². The highest BCUT2D eigenvalue weighted by molar-refractivity contribution is 5.87. The molecule has 0 spiro atoms. The van der Waals surface area contributed by atoms with Crippen LogP contribution in [0.3, 0.4) is 0 Å². The summed E-state index contributed by atoms with van der Waals surface area (Å²) in [6, 6.07) is 22.0. The number of rotatable bonds is 7. The average Bonchev–Trinajstić information content (AvgIpc) is 2.81. The van der Waals surface area contributed by atoms with Gasteiger partial charge in [-0.3, -0.25) is 0 Å². The third kappa shape index (κ3) is 6.82. The van der Waals surface area contributed by atoms with Crippen molar-refractivity contribution in [3.63, 3.8) is 0 Å². The fourth-order valence-corrected chi connectivity index (χ4v) is 3.44. The molecule has 4 aromatic rings. The highest BCUT2D eigenvalue weighted by Gasteiger charge is 2.09. The van der Waals surface area contributed by atoms with Crippen LogP contribution in [0.25, 0.3) is 11.1 Å². The van der Waals surface area contributed by atoms with Gasteiger partial charge in [0, 0.05) is 35.4 Å². The average molecular weight is 586 g/mol. The summed E-state index contributed by atoms with van der Waals surface area (Å²) in [5.74, 6) is -1.84. The second-order valence-corrected chi connectivity index (χ2v) is 7.52. The van der Waals surface area contributed by atoms with Gasteiger partial charge in [0.2, 0.25) is 0 Å². The number of nitrogens with zero attached hydrogens (tertiary/aromatic N) is 2. The highest BCUT2D eigenvalue weighted by atomic mass is 79.9. The number of halogens is 2. The number of pyridine rings is 2. The van der Waals surface area contributed by atoms with Crippen LogP contribution in [0.15, 0.2) is 97.6 Å². The fourth-order valence-electron chi connectivity index (χ4n) is 3.44. The van der Waals surface area contributed by atoms with Crippen LogP contribution in [0, 0.1) is 0 Å². The lowest BCUT2D eigenvalue weighted by atomic mass is 10.1. The van der Waals surface area contributed by atoms with Crippen LogP contribution in [0.5, 0.6) is 0 Å². The van der Waals surface area contributed by atoms with Crippen molar-refractivity contribution in [1.82, 2.24) is 0 Å². The molecule has 6 nitrogen and oxygen atoms in total. The molecule has 0 fully saturated rings. The maximum absolute atomic E-state index is 11.0. The highest BCUT2D eigenvalue weighted by Crippen LogP contribution is 2.16. The largest absolute Gasteiger partial charge is 1.00 e. The van der Waals surface area contributed by atoms with Crippen molar-refractivity contribution >= 4 is 11.9 Å². The van der Waals surface area contributed by atoms with E-state index in [1.807, 2.05) is 58.2 Å². The predicted octanol–water partition coefficient (Wildman–Crippen LogP) is -2.57. The van der Waals surface area contributed by atoms with E-state index in [1.54, 1.807) is 24.3 Å². The topological polar surface area (TPSA) is 82.4 Å². The molecule has 8 heteroatoms. The quantitative estimate of drug-likeness (QED) is 0.234. The van der Waals surface area contributed by atoms with E-state index in [1.165, 1.54) is 0 Å². The molecular formula is C26H22Br2N2O4. The summed E-state index contributed by atoms with van der Waals surface area (Å²) in [5, 5.41) is 18.0. The molecule has 0 amide bonds. The Balaban J connectivity index is 0.00000204. The van der Waals surface area contributed by atoms with Crippen LogP contribution in [-0.4, -0.2) is 22.2 Å². The van der Waals surface area contributed by atoms with E-state index < -0.39 is 11.9 Å². The smallest absolute Gasteiger partial charge is 0.335 e. The molecule has 0 aliphatic rings. The van der Waals surface area contributed by atoms with Crippen LogP contribution in [0.1, 0.15) is 31.8 Å². The first-order valence-corrected chi connectivity index (χ1v) is 10.1. The molecule has 4 rings (SSSR count). The van der Waals surface area contributed by atoms with Crippen LogP contribution < -0.4 is 43.1 Å². The molecule has 2 heterocycles. The van der Waals surface area contributed by atoms with E-state index >= 15 is 0 Å². The molecule has 34 heavy (non-hydrogen) atoms. The zero-order valence-corrected chi connectivity index (χ0v) is 21.2. The third-order valence-electron chi connectivity index (χ3n) is 5.25. The van der Waals surface area contributed by atoms with Gasteiger partial charge in [0.15, 0.2) is 37.9 Å². The molecule has 0 bridgehead atoms. The number of benzene rings is 2. The molecule has 2 aromatic carbocycles. The van der Waals surface area contributed by atoms with Gasteiger partial charge < -0.3 is 44.2 Å². The summed E-state index contributed by atoms with van der Waals surface area (Å²) in [4.78, 5) is 21.9. The second-order valence-electron chi connectivity index (χ2n) is 7.52. The Morgan fingerprint density at radius 1 is 0.529 bits per heavy atom. The lowest BCUT2D eigenvalue weighted by Crippen LogP contribution is -3.00. The molecule has 0 saturated heterocycles. The summed E-state index contributed by atoms with van der Waals surface area (Å²) in [6.45, 7) is 1.32. The van der Waals surface area contributed by atoms with Crippen molar-refractivity contribution in [2.24, 2.45) is 0 Å². The van der Waals surface area contributed by atoms with Crippen molar-refractivity contribution in [2.45, 2.75) is 13.1 Å². The van der Waals surface area contributed by atoms with E-state index in [0.717, 1.165) is 22.3 Å². The summed E-state index contributed by atoms with van der Waals surface area (Å²) >= 11 is 0. The number of carboxylic acid groups (broad SMARTS) is 2. The Bertz CT molecular complexity index is 1140. The monoisotopic (exact) mass is 584 g/mol. The van der Waals surface area contributed by atoms with E-state index in [0.29, 0.717) is 13.1 Å². The lowest BCUT2D eigenvalue weighted by Gasteiger charge is -2.03. The van der Waals surface area contributed by atoms with Gasteiger partial charge in [0.25, 0.3) is 0 Å². The van der Waals surface area contributed by atoms with E-state index in [2.05, 4.69) is 24.3 Å². The van der Waals surface area contributed by atoms with Gasteiger partial charge in [-0.15, -0.1) is 0 Å². The van der Waals surface area contributed by atoms with Crippen LogP contribution >= 0.6 is 0 Å². The molecule has 0 radical (unpaired) electrons. The van der Waals surface area contributed by atoms with Gasteiger partial charge in [-0.2, -0.15) is 0 Å². The first-order valence-electron chi connectivity index (χ1n) is 10.1. The minimum Gasteiger partial charge on any atom is -1.00 e. The predicted molar refractivity (Wildman–Crippen MR) is 117 cm³/mol. The molecule has 0 atom stereocenters. The Labute approximate surface area is 218 Å². The summed E-state index contributed by atoms with van der Waals surface area (Å²) in [6.07, 6.45) is 8.02. The van der Waals surface area contributed by atoms with Crippen molar-refractivity contribution in [2.75, 3.05) is 0 Å². The van der Waals surface area contributed by atoms with E-state index in [4.69, 9.17) is 10.2 Å². The van der Waals surface area contributed by atoms with Gasteiger partial charge in [-0.1, -0.05) is 24.3 Å². The number of carboxylic acids is 2.